The number of nitrogens with zero attached hydrogens (tertiary/aromatic N) is 5. The fraction of sp³-hybridized carbons (Fsp3) is 0.238. The molecule has 0 spiro atoms. The van der Waals surface area contributed by atoms with E-state index in [2.05, 4.69) is 30.9 Å². The van der Waals surface area contributed by atoms with Crippen LogP contribution in [0.1, 0.15) is 6.42 Å². The van der Waals surface area contributed by atoms with E-state index in [0.29, 0.717) is 17.5 Å². The van der Waals surface area contributed by atoms with Gasteiger partial charge in [0.1, 0.15) is 11.3 Å². The van der Waals surface area contributed by atoms with Gasteiger partial charge in [-0.25, -0.2) is 9.50 Å². The Labute approximate surface area is 188 Å². The smallest absolute Gasteiger partial charge is 0.238 e. The maximum absolute atomic E-state index is 12.2. The number of nitrogens with one attached hydrogen (secondary N) is 3. The van der Waals surface area contributed by atoms with Crippen LogP contribution < -0.4 is 10.6 Å². The SMILES string of the molecule is O=C(CN1CC[C@@H](O)C1)Nc1ccc(Sc2nc(Nc3ccn[nH]3)c3cccn3n2)cc1. The van der Waals surface area contributed by atoms with Crippen molar-refractivity contribution < 1.29 is 9.90 Å². The molecule has 1 amide bonds. The van der Waals surface area contributed by atoms with Crippen LogP contribution in [-0.4, -0.2) is 66.4 Å². The van der Waals surface area contributed by atoms with Gasteiger partial charge in [0.2, 0.25) is 11.1 Å². The lowest BCUT2D eigenvalue weighted by Gasteiger charge is -2.14. The number of carbonyl (C=O) groups is 1. The molecule has 3 aromatic heterocycles. The molecule has 1 saturated heterocycles. The lowest BCUT2D eigenvalue weighted by Crippen LogP contribution is -2.32. The zero-order chi connectivity index (χ0) is 21.9. The summed E-state index contributed by atoms with van der Waals surface area (Å²) in [6.07, 6.45) is 3.93. The summed E-state index contributed by atoms with van der Waals surface area (Å²) in [5.74, 6) is 1.33. The summed E-state index contributed by atoms with van der Waals surface area (Å²) in [7, 11) is 0. The molecule has 164 valence electrons. The van der Waals surface area contributed by atoms with Crippen LogP contribution in [-0.2, 0) is 4.79 Å². The van der Waals surface area contributed by atoms with E-state index in [0.717, 1.165) is 34.9 Å². The van der Waals surface area contributed by atoms with Crippen molar-refractivity contribution in [2.24, 2.45) is 0 Å². The van der Waals surface area contributed by atoms with Gasteiger partial charge in [0.15, 0.2) is 5.82 Å². The lowest BCUT2D eigenvalue weighted by molar-refractivity contribution is -0.117. The van der Waals surface area contributed by atoms with Gasteiger partial charge in [-0.15, -0.1) is 5.10 Å². The molecule has 1 atom stereocenters. The standard InChI is InChI=1S/C21H22N8O2S/c30-15-8-11-28(12-15)13-19(31)23-14-3-5-16(6-4-14)32-21-25-20(24-18-7-9-22-26-18)17-2-1-10-29(17)27-21/h1-7,9-10,15,30H,8,11-13H2,(H,23,31)(H2,22,24,25,26,27)/t15-/m1/s1. The Hall–Kier alpha value is -3.41. The minimum absolute atomic E-state index is 0.0876. The van der Waals surface area contributed by atoms with Crippen molar-refractivity contribution in [2.75, 3.05) is 30.3 Å². The van der Waals surface area contributed by atoms with Crippen molar-refractivity contribution in [3.8, 4) is 0 Å². The second kappa shape index (κ2) is 8.99. The maximum Gasteiger partial charge on any atom is 0.238 e. The number of carbonyl (C=O) groups excluding carboxylic acids is 1. The zero-order valence-corrected chi connectivity index (χ0v) is 17.9. The van der Waals surface area contributed by atoms with E-state index in [-0.39, 0.29) is 18.6 Å². The second-order valence-electron chi connectivity index (χ2n) is 7.53. The quantitative estimate of drug-likeness (QED) is 0.338. The molecule has 4 aromatic rings. The molecular weight excluding hydrogens is 428 g/mol. The van der Waals surface area contributed by atoms with Crippen molar-refractivity contribution in [3.63, 3.8) is 0 Å². The molecule has 1 aromatic carbocycles. The second-order valence-corrected chi connectivity index (χ2v) is 8.57. The molecule has 4 heterocycles. The number of fused-ring (bicyclic) bond motifs is 1. The minimum Gasteiger partial charge on any atom is -0.392 e. The lowest BCUT2D eigenvalue weighted by atomic mass is 10.3. The summed E-state index contributed by atoms with van der Waals surface area (Å²) in [6, 6.07) is 13.2. The number of β-amino-alcohol motifs (C(OH)–C–C–N with tert-alkyl or cyclic N) is 1. The molecule has 10 nitrogen and oxygen atoms in total. The molecule has 1 aliphatic rings. The third kappa shape index (κ3) is 4.74. The number of hydrogen-bond donors (Lipinski definition) is 4. The molecule has 1 aliphatic heterocycles. The molecule has 0 saturated carbocycles. The van der Waals surface area contributed by atoms with Gasteiger partial charge in [0.25, 0.3) is 0 Å². The van der Waals surface area contributed by atoms with Crippen molar-refractivity contribution in [3.05, 3.63) is 54.9 Å². The number of anilines is 3. The van der Waals surface area contributed by atoms with E-state index in [4.69, 9.17) is 0 Å². The third-order valence-electron chi connectivity index (χ3n) is 5.09. The highest BCUT2D eigenvalue weighted by Crippen LogP contribution is 2.28. The molecule has 0 bridgehead atoms. The van der Waals surface area contributed by atoms with Crippen LogP contribution in [0.4, 0.5) is 17.3 Å². The highest BCUT2D eigenvalue weighted by molar-refractivity contribution is 7.99. The number of aliphatic hydroxyl groups excluding tert-OH is 1. The monoisotopic (exact) mass is 450 g/mol. The number of likely N-dealkylation sites (tertiary alicyclic amines) is 1. The summed E-state index contributed by atoms with van der Waals surface area (Å²) < 4.78 is 1.78. The van der Waals surface area contributed by atoms with Crippen LogP contribution in [0.15, 0.2) is 64.9 Å². The molecular formula is C21H22N8O2S. The predicted octanol–water partition coefficient (Wildman–Crippen LogP) is 2.35. The largest absolute Gasteiger partial charge is 0.392 e. The first-order valence-electron chi connectivity index (χ1n) is 10.2. The predicted molar refractivity (Wildman–Crippen MR) is 121 cm³/mol. The first-order chi connectivity index (χ1) is 15.6. The number of aromatic nitrogens is 5. The van der Waals surface area contributed by atoms with Gasteiger partial charge < -0.3 is 15.7 Å². The molecule has 4 N–H and O–H groups in total. The summed E-state index contributed by atoms with van der Waals surface area (Å²) >= 11 is 1.43. The van der Waals surface area contributed by atoms with Gasteiger partial charge in [-0.1, -0.05) is 0 Å². The van der Waals surface area contributed by atoms with Crippen molar-refractivity contribution in [2.45, 2.75) is 22.6 Å². The molecule has 0 aliphatic carbocycles. The van der Waals surface area contributed by atoms with Crippen LogP contribution in [0.2, 0.25) is 0 Å². The van der Waals surface area contributed by atoms with E-state index < -0.39 is 0 Å². The van der Waals surface area contributed by atoms with Crippen LogP contribution >= 0.6 is 11.8 Å². The maximum atomic E-state index is 12.2. The summed E-state index contributed by atoms with van der Waals surface area (Å²) in [5, 5.41) is 27.7. The summed E-state index contributed by atoms with van der Waals surface area (Å²) in [4.78, 5) is 19.8. The molecule has 0 unspecified atom stereocenters. The first kappa shape index (κ1) is 20.5. The Kier molecular flexibility index (Phi) is 5.75. The summed E-state index contributed by atoms with van der Waals surface area (Å²) in [5.41, 5.74) is 1.58. The Morgan fingerprint density at radius 1 is 1.25 bits per heavy atom. The summed E-state index contributed by atoms with van der Waals surface area (Å²) in [6.45, 7) is 1.57. The van der Waals surface area contributed by atoms with E-state index >= 15 is 0 Å². The van der Waals surface area contributed by atoms with Crippen molar-refractivity contribution >= 4 is 40.5 Å². The Morgan fingerprint density at radius 3 is 2.88 bits per heavy atom. The van der Waals surface area contributed by atoms with Crippen molar-refractivity contribution in [1.29, 1.82) is 0 Å². The van der Waals surface area contributed by atoms with Crippen LogP contribution in [0.25, 0.3) is 5.52 Å². The van der Waals surface area contributed by atoms with Gasteiger partial charge in [0, 0.05) is 35.9 Å². The molecule has 0 radical (unpaired) electrons. The number of aliphatic hydroxyl groups is 1. The van der Waals surface area contributed by atoms with Gasteiger partial charge in [-0.3, -0.25) is 14.8 Å². The fourth-order valence-corrected chi connectivity index (χ4v) is 4.32. The molecule has 11 heteroatoms. The average Bonchev–Trinajstić information content (AvgIpc) is 3.52. The van der Waals surface area contributed by atoms with E-state index in [1.54, 1.807) is 10.7 Å². The highest BCUT2D eigenvalue weighted by atomic mass is 32.2. The van der Waals surface area contributed by atoms with E-state index in [9.17, 15) is 9.90 Å². The average molecular weight is 451 g/mol. The number of benzene rings is 1. The number of H-pyrrole nitrogens is 1. The highest BCUT2D eigenvalue weighted by Gasteiger charge is 2.22. The van der Waals surface area contributed by atoms with Gasteiger partial charge in [-0.05, 0) is 54.6 Å². The van der Waals surface area contributed by atoms with E-state index in [1.165, 1.54) is 11.8 Å². The van der Waals surface area contributed by atoms with Crippen LogP contribution in [0, 0.1) is 0 Å². The number of rotatable bonds is 7. The van der Waals surface area contributed by atoms with E-state index in [1.807, 2.05) is 53.6 Å². The molecule has 1 fully saturated rings. The Morgan fingerprint density at radius 2 is 2.12 bits per heavy atom. The molecule has 5 rings (SSSR count). The van der Waals surface area contributed by atoms with Gasteiger partial charge in [-0.2, -0.15) is 5.10 Å². The topological polar surface area (TPSA) is 123 Å². The Bertz CT molecular complexity index is 1210. The number of aromatic amines is 1. The fourth-order valence-electron chi connectivity index (χ4n) is 3.57. The first-order valence-corrected chi connectivity index (χ1v) is 11.0. The van der Waals surface area contributed by atoms with Crippen LogP contribution in [0.3, 0.4) is 0 Å². The normalized spacial score (nSPS) is 16.5. The Balaban J connectivity index is 1.25. The van der Waals surface area contributed by atoms with Gasteiger partial charge >= 0.3 is 0 Å². The minimum atomic E-state index is -0.331. The molecule has 32 heavy (non-hydrogen) atoms. The zero-order valence-electron chi connectivity index (χ0n) is 17.1. The third-order valence-corrected chi connectivity index (χ3v) is 5.95. The van der Waals surface area contributed by atoms with Gasteiger partial charge in [0.05, 0.1) is 18.8 Å². The number of hydrogen-bond acceptors (Lipinski definition) is 8. The number of amides is 1. The van der Waals surface area contributed by atoms with Crippen molar-refractivity contribution in [1.82, 2.24) is 29.7 Å². The van der Waals surface area contributed by atoms with Crippen LogP contribution in [0.5, 0.6) is 0 Å².